The fraction of sp³-hybridized carbons (Fsp3) is 0.625. The third kappa shape index (κ3) is 3.56. The lowest BCUT2D eigenvalue weighted by molar-refractivity contribution is -0.00883. The lowest BCUT2D eigenvalue weighted by atomic mass is 9.96. The molecule has 100 valence electrons. The molecule has 0 aliphatic heterocycles. The molecule has 1 saturated carbocycles. The molecule has 1 aromatic carbocycles. The number of rotatable bonds is 7. The Morgan fingerprint density at radius 2 is 2.11 bits per heavy atom. The molecule has 1 atom stereocenters. The van der Waals surface area contributed by atoms with Crippen molar-refractivity contribution in [1.82, 2.24) is 5.32 Å². The van der Waals surface area contributed by atoms with E-state index in [1.54, 1.807) is 0 Å². The Balaban J connectivity index is 1.96. The first-order valence-corrected chi connectivity index (χ1v) is 7.21. The minimum Gasteiger partial charge on any atom is -0.376 e. The van der Waals surface area contributed by atoms with Gasteiger partial charge in [0.05, 0.1) is 18.8 Å². The number of hydrogen-bond donors (Lipinski definition) is 1. The summed E-state index contributed by atoms with van der Waals surface area (Å²) in [4.78, 5) is 0. The van der Waals surface area contributed by atoms with Crippen LogP contribution in [-0.2, 0) is 4.74 Å². The molecule has 0 heterocycles. The van der Waals surface area contributed by atoms with Crippen LogP contribution >= 0.6 is 0 Å². The third-order valence-electron chi connectivity index (χ3n) is 3.76. The maximum absolute atomic E-state index is 5.98. The first-order chi connectivity index (χ1) is 8.81. The largest absolute Gasteiger partial charge is 0.376 e. The smallest absolute Gasteiger partial charge is 0.0665 e. The van der Waals surface area contributed by atoms with E-state index in [-0.39, 0.29) is 0 Å². The Morgan fingerprint density at radius 3 is 2.72 bits per heavy atom. The summed E-state index contributed by atoms with van der Waals surface area (Å²) in [5.74, 6) is 0. The molecular formula is C16H25NO. The van der Waals surface area contributed by atoms with Crippen molar-refractivity contribution in [3.05, 3.63) is 35.4 Å². The van der Waals surface area contributed by atoms with Gasteiger partial charge in [-0.05, 0) is 50.3 Å². The van der Waals surface area contributed by atoms with Crippen molar-refractivity contribution in [2.45, 2.75) is 51.7 Å². The second-order valence-electron chi connectivity index (χ2n) is 5.25. The van der Waals surface area contributed by atoms with Gasteiger partial charge in [-0.1, -0.05) is 31.2 Å². The molecule has 0 aromatic heterocycles. The highest BCUT2D eigenvalue weighted by Gasteiger charge is 2.20. The fourth-order valence-electron chi connectivity index (χ4n) is 2.32. The molecule has 2 heteroatoms. The zero-order valence-electron chi connectivity index (χ0n) is 11.6. The molecule has 0 bridgehead atoms. The number of benzene rings is 1. The van der Waals surface area contributed by atoms with Gasteiger partial charge in [0.2, 0.25) is 0 Å². The first-order valence-electron chi connectivity index (χ1n) is 7.21. The molecule has 1 aliphatic carbocycles. The standard InChI is InChI=1S/C16H25NO/c1-3-11-17-16(12-18-14-8-6-9-14)15-10-5-4-7-13(15)2/h4-5,7,10,14,16-17H,3,6,8-9,11-12H2,1-2H3. The highest BCUT2D eigenvalue weighted by molar-refractivity contribution is 5.28. The number of nitrogens with one attached hydrogen (secondary N) is 1. The van der Waals surface area contributed by atoms with E-state index < -0.39 is 0 Å². The normalized spacial score (nSPS) is 17.4. The van der Waals surface area contributed by atoms with Gasteiger partial charge in [-0.3, -0.25) is 0 Å². The first kappa shape index (κ1) is 13.6. The van der Waals surface area contributed by atoms with Crippen molar-refractivity contribution in [3.8, 4) is 0 Å². The van der Waals surface area contributed by atoms with E-state index in [9.17, 15) is 0 Å². The van der Waals surface area contributed by atoms with Gasteiger partial charge >= 0.3 is 0 Å². The predicted molar refractivity (Wildman–Crippen MR) is 75.8 cm³/mol. The summed E-state index contributed by atoms with van der Waals surface area (Å²) >= 11 is 0. The Labute approximate surface area is 111 Å². The monoisotopic (exact) mass is 247 g/mol. The molecule has 0 saturated heterocycles. The SMILES string of the molecule is CCCNC(COC1CCC1)c1ccccc1C. The van der Waals surface area contributed by atoms with Gasteiger partial charge in [-0.25, -0.2) is 0 Å². The minimum atomic E-state index is 0.340. The molecule has 1 fully saturated rings. The van der Waals surface area contributed by atoms with Gasteiger partial charge < -0.3 is 10.1 Å². The van der Waals surface area contributed by atoms with E-state index in [1.807, 2.05) is 0 Å². The quantitative estimate of drug-likeness (QED) is 0.795. The summed E-state index contributed by atoms with van der Waals surface area (Å²) in [6.07, 6.45) is 5.50. The maximum atomic E-state index is 5.98. The van der Waals surface area contributed by atoms with Gasteiger partial charge in [0.1, 0.15) is 0 Å². The van der Waals surface area contributed by atoms with Crippen LogP contribution in [-0.4, -0.2) is 19.3 Å². The van der Waals surface area contributed by atoms with E-state index in [1.165, 1.54) is 30.4 Å². The highest BCUT2D eigenvalue weighted by atomic mass is 16.5. The number of aryl methyl sites for hydroxylation is 1. The van der Waals surface area contributed by atoms with Crippen molar-refractivity contribution >= 4 is 0 Å². The van der Waals surface area contributed by atoms with Crippen LogP contribution in [0.1, 0.15) is 49.8 Å². The van der Waals surface area contributed by atoms with Crippen LogP contribution in [0.3, 0.4) is 0 Å². The molecule has 1 aromatic rings. The predicted octanol–water partition coefficient (Wildman–Crippen LogP) is 3.60. The van der Waals surface area contributed by atoms with Crippen molar-refractivity contribution in [1.29, 1.82) is 0 Å². The van der Waals surface area contributed by atoms with Gasteiger partial charge in [0, 0.05) is 0 Å². The van der Waals surface area contributed by atoms with Crippen molar-refractivity contribution in [2.75, 3.05) is 13.2 Å². The molecule has 0 amide bonds. The summed E-state index contributed by atoms with van der Waals surface area (Å²) in [5.41, 5.74) is 2.73. The molecule has 1 N–H and O–H groups in total. The lowest BCUT2D eigenvalue weighted by Gasteiger charge is -2.29. The summed E-state index contributed by atoms with van der Waals surface area (Å²) in [7, 11) is 0. The molecule has 18 heavy (non-hydrogen) atoms. The van der Waals surface area contributed by atoms with E-state index in [4.69, 9.17) is 4.74 Å². The number of ether oxygens (including phenoxy) is 1. The molecule has 0 spiro atoms. The Hall–Kier alpha value is -0.860. The minimum absolute atomic E-state index is 0.340. The topological polar surface area (TPSA) is 21.3 Å². The Kier molecular flexibility index (Phi) is 5.21. The molecule has 2 nitrogen and oxygen atoms in total. The Bertz CT molecular complexity index is 360. The molecule has 0 radical (unpaired) electrons. The van der Waals surface area contributed by atoms with Crippen molar-refractivity contribution < 1.29 is 4.74 Å². The summed E-state index contributed by atoms with van der Waals surface area (Å²) in [6, 6.07) is 8.95. The second kappa shape index (κ2) is 6.91. The fourth-order valence-corrected chi connectivity index (χ4v) is 2.32. The third-order valence-corrected chi connectivity index (χ3v) is 3.76. The van der Waals surface area contributed by atoms with Crippen LogP contribution in [0.4, 0.5) is 0 Å². The zero-order valence-corrected chi connectivity index (χ0v) is 11.6. The maximum Gasteiger partial charge on any atom is 0.0665 e. The molecule has 1 aliphatic rings. The van der Waals surface area contributed by atoms with Crippen LogP contribution in [0.2, 0.25) is 0 Å². The van der Waals surface area contributed by atoms with Gasteiger partial charge in [0.15, 0.2) is 0 Å². The van der Waals surface area contributed by atoms with E-state index in [0.29, 0.717) is 12.1 Å². The molecule has 2 rings (SSSR count). The van der Waals surface area contributed by atoms with E-state index in [2.05, 4.69) is 43.4 Å². The van der Waals surface area contributed by atoms with Crippen LogP contribution in [0.5, 0.6) is 0 Å². The zero-order chi connectivity index (χ0) is 12.8. The van der Waals surface area contributed by atoms with Gasteiger partial charge in [-0.15, -0.1) is 0 Å². The highest BCUT2D eigenvalue weighted by Crippen LogP contribution is 2.25. The average Bonchev–Trinajstić information content (AvgIpc) is 2.32. The van der Waals surface area contributed by atoms with E-state index in [0.717, 1.165) is 19.6 Å². The Morgan fingerprint density at radius 1 is 1.33 bits per heavy atom. The van der Waals surface area contributed by atoms with Gasteiger partial charge in [0.25, 0.3) is 0 Å². The molecule has 1 unspecified atom stereocenters. The lowest BCUT2D eigenvalue weighted by Crippen LogP contribution is -2.31. The summed E-state index contributed by atoms with van der Waals surface area (Å²) in [5, 5.41) is 3.61. The van der Waals surface area contributed by atoms with Crippen LogP contribution in [0.25, 0.3) is 0 Å². The van der Waals surface area contributed by atoms with E-state index >= 15 is 0 Å². The van der Waals surface area contributed by atoms with Crippen LogP contribution < -0.4 is 5.32 Å². The van der Waals surface area contributed by atoms with Gasteiger partial charge in [-0.2, -0.15) is 0 Å². The van der Waals surface area contributed by atoms with Crippen LogP contribution in [0, 0.1) is 6.92 Å². The van der Waals surface area contributed by atoms with Crippen LogP contribution in [0.15, 0.2) is 24.3 Å². The van der Waals surface area contributed by atoms with Crippen molar-refractivity contribution in [3.63, 3.8) is 0 Å². The average molecular weight is 247 g/mol. The molecular weight excluding hydrogens is 222 g/mol. The number of hydrogen-bond acceptors (Lipinski definition) is 2. The van der Waals surface area contributed by atoms with Crippen molar-refractivity contribution in [2.24, 2.45) is 0 Å². The summed E-state index contributed by atoms with van der Waals surface area (Å²) in [6.45, 7) is 6.23. The summed E-state index contributed by atoms with van der Waals surface area (Å²) < 4.78 is 5.98. The second-order valence-corrected chi connectivity index (χ2v) is 5.25.